The maximum absolute atomic E-state index is 11.9. The third-order valence-corrected chi connectivity index (χ3v) is 5.05. The molecule has 3 aromatic carbocycles. The molecule has 4 aromatic rings. The van der Waals surface area contributed by atoms with Gasteiger partial charge in [-0.05, 0) is 48.4 Å². The number of aromatic carboxylic acids is 1. The van der Waals surface area contributed by atoms with Crippen LogP contribution in [0.1, 0.15) is 28.5 Å². The normalized spacial score (nSPS) is 10.7. The number of rotatable bonds is 6. The number of ether oxygens (including phenoxy) is 1. The van der Waals surface area contributed by atoms with Crippen molar-refractivity contribution in [1.82, 2.24) is 4.57 Å². The highest BCUT2D eigenvalue weighted by Gasteiger charge is 2.17. The molecule has 0 fully saturated rings. The van der Waals surface area contributed by atoms with Crippen molar-refractivity contribution in [2.75, 3.05) is 6.61 Å². The Morgan fingerprint density at radius 1 is 1.03 bits per heavy atom. The van der Waals surface area contributed by atoms with Crippen LogP contribution < -0.4 is 4.74 Å². The predicted molar refractivity (Wildman–Crippen MR) is 116 cm³/mol. The topological polar surface area (TPSA) is 75.2 Å². The summed E-state index contributed by atoms with van der Waals surface area (Å²) in [4.78, 5) is 11.9. The monoisotopic (exact) mass is 396 g/mol. The number of nitrogens with zero attached hydrogens (tertiary/aromatic N) is 2. The summed E-state index contributed by atoms with van der Waals surface area (Å²) in [7, 11) is 0. The lowest BCUT2D eigenvalue weighted by Crippen LogP contribution is -2.10. The number of benzene rings is 3. The Morgan fingerprint density at radius 2 is 1.83 bits per heavy atom. The van der Waals surface area contributed by atoms with Gasteiger partial charge in [-0.3, -0.25) is 0 Å². The maximum atomic E-state index is 11.9. The molecule has 30 heavy (non-hydrogen) atoms. The van der Waals surface area contributed by atoms with Gasteiger partial charge < -0.3 is 14.4 Å². The maximum Gasteiger partial charge on any atom is 0.352 e. The first-order chi connectivity index (χ1) is 14.6. The minimum absolute atomic E-state index is 0.174. The standard InChI is InChI=1S/C25H20N2O3/c1-2-30-24-11-10-19(18-6-4-3-5-7-18)13-21(24)16-27-22-12-17(15-26)8-9-20(22)14-23(27)25(28)29/h3-14H,2,16H2,1H3,(H,28,29). The third-order valence-electron chi connectivity index (χ3n) is 5.05. The van der Waals surface area contributed by atoms with Crippen LogP contribution in [0, 0.1) is 11.3 Å². The van der Waals surface area contributed by atoms with Crippen LogP contribution in [0.4, 0.5) is 0 Å². The van der Waals surface area contributed by atoms with Crippen LogP contribution in [0.15, 0.2) is 72.8 Å². The summed E-state index contributed by atoms with van der Waals surface area (Å²) in [5.74, 6) is -0.298. The van der Waals surface area contributed by atoms with E-state index in [1.54, 1.807) is 28.8 Å². The zero-order valence-electron chi connectivity index (χ0n) is 16.5. The molecular weight excluding hydrogens is 376 g/mol. The van der Waals surface area contributed by atoms with Crippen LogP contribution in [0.2, 0.25) is 0 Å². The van der Waals surface area contributed by atoms with Crippen LogP contribution >= 0.6 is 0 Å². The van der Waals surface area contributed by atoms with Gasteiger partial charge >= 0.3 is 5.97 Å². The molecule has 0 aliphatic rings. The molecule has 5 nitrogen and oxygen atoms in total. The van der Waals surface area contributed by atoms with E-state index >= 15 is 0 Å². The molecule has 0 bridgehead atoms. The number of hydrogen-bond acceptors (Lipinski definition) is 3. The van der Waals surface area contributed by atoms with Gasteiger partial charge in [-0.25, -0.2) is 4.79 Å². The van der Waals surface area contributed by atoms with Crippen LogP contribution in [-0.4, -0.2) is 22.2 Å². The highest BCUT2D eigenvalue weighted by Crippen LogP contribution is 2.30. The fraction of sp³-hybridized carbons (Fsp3) is 0.120. The highest BCUT2D eigenvalue weighted by atomic mass is 16.5. The van der Waals surface area contributed by atoms with Crippen molar-refractivity contribution in [3.8, 4) is 22.9 Å². The fourth-order valence-electron chi connectivity index (χ4n) is 3.65. The molecule has 0 unspecified atom stereocenters. The van der Waals surface area contributed by atoms with E-state index < -0.39 is 5.97 Å². The van der Waals surface area contributed by atoms with Gasteiger partial charge in [0.2, 0.25) is 0 Å². The summed E-state index contributed by atoms with van der Waals surface area (Å²) < 4.78 is 7.55. The Kier molecular flexibility index (Phi) is 5.23. The number of carboxylic acid groups (broad SMARTS) is 1. The van der Waals surface area contributed by atoms with Gasteiger partial charge in [0, 0.05) is 10.9 Å². The summed E-state index contributed by atoms with van der Waals surface area (Å²) in [6, 6.07) is 24.9. The van der Waals surface area contributed by atoms with Gasteiger partial charge in [-0.2, -0.15) is 5.26 Å². The second-order valence-electron chi connectivity index (χ2n) is 6.93. The Morgan fingerprint density at radius 3 is 2.53 bits per heavy atom. The SMILES string of the molecule is CCOc1ccc(-c2ccccc2)cc1Cn1c(C(=O)O)cc2ccc(C#N)cc21. The second-order valence-corrected chi connectivity index (χ2v) is 6.93. The molecule has 148 valence electrons. The molecule has 0 atom stereocenters. The third kappa shape index (κ3) is 3.63. The number of nitriles is 1. The Labute approximate surface area is 174 Å². The number of fused-ring (bicyclic) bond motifs is 1. The van der Waals surface area contributed by atoms with Crippen molar-refractivity contribution in [3.05, 3.63) is 89.6 Å². The molecule has 1 aromatic heterocycles. The molecule has 1 N–H and O–H groups in total. The molecule has 4 rings (SSSR count). The van der Waals surface area contributed by atoms with E-state index in [-0.39, 0.29) is 5.69 Å². The van der Waals surface area contributed by atoms with E-state index in [2.05, 4.69) is 6.07 Å². The highest BCUT2D eigenvalue weighted by molar-refractivity contribution is 5.95. The largest absolute Gasteiger partial charge is 0.494 e. The van der Waals surface area contributed by atoms with Crippen molar-refractivity contribution >= 4 is 16.9 Å². The van der Waals surface area contributed by atoms with Crippen LogP contribution in [0.5, 0.6) is 5.75 Å². The van der Waals surface area contributed by atoms with E-state index in [9.17, 15) is 15.2 Å². The molecule has 0 aliphatic heterocycles. The Bertz CT molecular complexity index is 1270. The summed E-state index contributed by atoms with van der Waals surface area (Å²) in [5.41, 5.74) is 4.35. The van der Waals surface area contributed by atoms with Gasteiger partial charge in [0.05, 0.1) is 30.3 Å². The van der Waals surface area contributed by atoms with Crippen molar-refractivity contribution in [3.63, 3.8) is 0 Å². The van der Waals surface area contributed by atoms with Crippen LogP contribution in [0.3, 0.4) is 0 Å². The lowest BCUT2D eigenvalue weighted by Gasteiger charge is -2.15. The lowest BCUT2D eigenvalue weighted by molar-refractivity contribution is 0.0686. The van der Waals surface area contributed by atoms with Gasteiger partial charge in [0.25, 0.3) is 0 Å². The molecule has 0 radical (unpaired) electrons. The first-order valence-electron chi connectivity index (χ1n) is 9.68. The Balaban J connectivity index is 1.87. The van der Waals surface area contributed by atoms with Gasteiger partial charge in [0.15, 0.2) is 0 Å². The van der Waals surface area contributed by atoms with Crippen molar-refractivity contribution in [2.45, 2.75) is 13.5 Å². The van der Waals surface area contributed by atoms with Crippen molar-refractivity contribution in [1.29, 1.82) is 5.26 Å². The average Bonchev–Trinajstić information content (AvgIpc) is 3.13. The smallest absolute Gasteiger partial charge is 0.352 e. The summed E-state index contributed by atoms with van der Waals surface area (Å²) >= 11 is 0. The first kappa shape index (κ1) is 19.3. The minimum atomic E-state index is -1.01. The zero-order valence-corrected chi connectivity index (χ0v) is 16.5. The van der Waals surface area contributed by atoms with E-state index in [0.717, 1.165) is 22.1 Å². The molecule has 1 heterocycles. The van der Waals surface area contributed by atoms with E-state index in [1.165, 1.54) is 0 Å². The number of carboxylic acids is 1. The van der Waals surface area contributed by atoms with Gasteiger partial charge in [0.1, 0.15) is 11.4 Å². The minimum Gasteiger partial charge on any atom is -0.494 e. The molecule has 5 heteroatoms. The van der Waals surface area contributed by atoms with Crippen molar-refractivity contribution < 1.29 is 14.6 Å². The van der Waals surface area contributed by atoms with Crippen molar-refractivity contribution in [2.24, 2.45) is 0 Å². The molecular formula is C25H20N2O3. The quantitative estimate of drug-likeness (QED) is 0.478. The molecule has 0 spiro atoms. The number of carbonyl (C=O) groups is 1. The zero-order chi connectivity index (χ0) is 21.1. The first-order valence-corrected chi connectivity index (χ1v) is 9.68. The molecule has 0 saturated heterocycles. The fourth-order valence-corrected chi connectivity index (χ4v) is 3.65. The predicted octanol–water partition coefficient (Wildman–Crippen LogP) is 5.33. The molecule has 0 aliphatic carbocycles. The van der Waals surface area contributed by atoms with E-state index in [1.807, 2.05) is 55.5 Å². The number of hydrogen-bond donors (Lipinski definition) is 1. The number of aromatic nitrogens is 1. The summed E-state index contributed by atoms with van der Waals surface area (Å²) in [6.07, 6.45) is 0. The van der Waals surface area contributed by atoms with E-state index in [4.69, 9.17) is 4.74 Å². The Hall–Kier alpha value is -4.04. The molecule has 0 saturated carbocycles. The van der Waals surface area contributed by atoms with Crippen LogP contribution in [-0.2, 0) is 6.54 Å². The average molecular weight is 396 g/mol. The summed E-state index contributed by atoms with van der Waals surface area (Å²) in [5, 5.41) is 19.8. The molecule has 0 amide bonds. The second kappa shape index (κ2) is 8.14. The van der Waals surface area contributed by atoms with Gasteiger partial charge in [-0.15, -0.1) is 0 Å². The van der Waals surface area contributed by atoms with Gasteiger partial charge in [-0.1, -0.05) is 42.5 Å². The van der Waals surface area contributed by atoms with E-state index in [0.29, 0.717) is 30.0 Å². The summed E-state index contributed by atoms with van der Waals surface area (Å²) in [6.45, 7) is 2.74. The lowest BCUT2D eigenvalue weighted by atomic mass is 10.0. The van der Waals surface area contributed by atoms with Crippen LogP contribution in [0.25, 0.3) is 22.0 Å².